The van der Waals surface area contributed by atoms with Gasteiger partial charge < -0.3 is 24.4 Å². The third-order valence-electron chi connectivity index (χ3n) is 6.01. The summed E-state index contributed by atoms with van der Waals surface area (Å²) in [7, 11) is 3.24. The number of nitrogens with one attached hydrogen (secondary N) is 1. The molecule has 1 fully saturated rings. The van der Waals surface area contributed by atoms with Crippen LogP contribution in [0.2, 0.25) is 0 Å². The lowest BCUT2D eigenvalue weighted by Gasteiger charge is -2.37. The van der Waals surface area contributed by atoms with Gasteiger partial charge >= 0.3 is 0 Å². The van der Waals surface area contributed by atoms with Crippen LogP contribution in [0.5, 0.6) is 11.5 Å². The van der Waals surface area contributed by atoms with E-state index in [9.17, 15) is 9.59 Å². The maximum absolute atomic E-state index is 13.2. The Morgan fingerprint density at radius 2 is 1.94 bits per heavy atom. The monoisotopic (exact) mass is 444 g/mol. The Morgan fingerprint density at radius 1 is 1.19 bits per heavy atom. The minimum atomic E-state index is -0.212. The average molecular weight is 445 g/mol. The SMILES string of the molecule is COc1cc2c(cc1OC)[C@H](c1cccs1)N(C(=O)CNC(=O)C1CCOCC1)CC2. The molecule has 0 spiro atoms. The van der Waals surface area contributed by atoms with Crippen LogP contribution >= 0.6 is 11.3 Å². The first-order valence-corrected chi connectivity index (χ1v) is 11.4. The first-order valence-electron chi connectivity index (χ1n) is 10.6. The van der Waals surface area contributed by atoms with Gasteiger partial charge in [-0.1, -0.05) is 6.07 Å². The number of benzene rings is 1. The van der Waals surface area contributed by atoms with E-state index >= 15 is 0 Å². The summed E-state index contributed by atoms with van der Waals surface area (Å²) in [5.74, 6) is 1.11. The number of hydrogen-bond acceptors (Lipinski definition) is 6. The fraction of sp³-hybridized carbons (Fsp3) is 0.478. The van der Waals surface area contributed by atoms with Crippen molar-refractivity contribution in [2.45, 2.75) is 25.3 Å². The largest absolute Gasteiger partial charge is 0.493 e. The first-order chi connectivity index (χ1) is 15.1. The molecule has 31 heavy (non-hydrogen) atoms. The summed E-state index contributed by atoms with van der Waals surface area (Å²) in [5, 5.41) is 4.87. The molecule has 0 bridgehead atoms. The number of nitrogens with zero attached hydrogens (tertiary/aromatic N) is 1. The number of amides is 2. The molecular formula is C23H28N2O5S. The van der Waals surface area contributed by atoms with E-state index in [1.165, 1.54) is 0 Å². The van der Waals surface area contributed by atoms with Gasteiger partial charge in [-0.25, -0.2) is 0 Å². The lowest BCUT2D eigenvalue weighted by Crippen LogP contribution is -2.46. The van der Waals surface area contributed by atoms with E-state index in [4.69, 9.17) is 14.2 Å². The van der Waals surface area contributed by atoms with Crippen molar-refractivity contribution in [2.75, 3.05) is 40.5 Å². The Kier molecular flexibility index (Phi) is 6.77. The standard InChI is InChI=1S/C23H28N2O5S/c1-28-18-12-16-5-8-25(21(26)14-24-23(27)15-6-9-30-10-7-15)22(20-4-3-11-31-20)17(16)13-19(18)29-2/h3-4,11-13,15,22H,5-10,14H2,1-2H3,(H,24,27)/t22-/m1/s1. The second-order valence-electron chi connectivity index (χ2n) is 7.77. The molecule has 4 rings (SSSR count). The molecule has 1 N–H and O–H groups in total. The van der Waals surface area contributed by atoms with Crippen LogP contribution < -0.4 is 14.8 Å². The zero-order valence-corrected chi connectivity index (χ0v) is 18.7. The molecule has 0 saturated carbocycles. The van der Waals surface area contributed by atoms with Crippen molar-refractivity contribution in [2.24, 2.45) is 5.92 Å². The summed E-state index contributed by atoms with van der Waals surface area (Å²) < 4.78 is 16.3. The molecule has 2 aliphatic rings. The summed E-state index contributed by atoms with van der Waals surface area (Å²) in [6.45, 7) is 1.78. The number of hydrogen-bond donors (Lipinski definition) is 1. The van der Waals surface area contributed by atoms with E-state index in [1.807, 2.05) is 34.5 Å². The molecule has 0 aliphatic carbocycles. The van der Waals surface area contributed by atoms with Crippen LogP contribution in [0.15, 0.2) is 29.6 Å². The molecule has 7 nitrogen and oxygen atoms in total. The predicted molar refractivity (Wildman–Crippen MR) is 118 cm³/mol. The Bertz CT molecular complexity index is 924. The van der Waals surface area contributed by atoms with Gasteiger partial charge in [-0.2, -0.15) is 0 Å². The molecular weight excluding hydrogens is 416 g/mol. The Hall–Kier alpha value is -2.58. The van der Waals surface area contributed by atoms with Crippen molar-refractivity contribution in [3.63, 3.8) is 0 Å². The maximum atomic E-state index is 13.2. The van der Waals surface area contributed by atoms with Gasteiger partial charge in [0.05, 0.1) is 26.8 Å². The van der Waals surface area contributed by atoms with Crippen molar-refractivity contribution in [3.8, 4) is 11.5 Å². The molecule has 0 unspecified atom stereocenters. The molecule has 8 heteroatoms. The van der Waals surface area contributed by atoms with Gasteiger partial charge in [0.25, 0.3) is 0 Å². The fourth-order valence-corrected chi connectivity index (χ4v) is 5.19. The molecule has 1 saturated heterocycles. The highest BCUT2D eigenvalue weighted by Crippen LogP contribution is 2.42. The Balaban J connectivity index is 1.56. The molecule has 1 aromatic heterocycles. The molecule has 3 heterocycles. The highest BCUT2D eigenvalue weighted by Gasteiger charge is 2.34. The summed E-state index contributed by atoms with van der Waals surface area (Å²) in [6, 6.07) is 7.80. The molecule has 2 aliphatic heterocycles. The van der Waals surface area contributed by atoms with Crippen LogP contribution in [-0.2, 0) is 20.7 Å². The minimum absolute atomic E-state index is 0.000683. The topological polar surface area (TPSA) is 77.1 Å². The molecule has 2 aromatic rings. The van der Waals surface area contributed by atoms with E-state index in [0.29, 0.717) is 44.1 Å². The lowest BCUT2D eigenvalue weighted by molar-refractivity contribution is -0.136. The number of ether oxygens (including phenoxy) is 3. The lowest BCUT2D eigenvalue weighted by atomic mass is 9.90. The van der Waals surface area contributed by atoms with Gasteiger partial charge in [-0.15, -0.1) is 11.3 Å². The minimum Gasteiger partial charge on any atom is -0.493 e. The highest BCUT2D eigenvalue weighted by atomic mass is 32.1. The van der Waals surface area contributed by atoms with E-state index in [0.717, 1.165) is 22.4 Å². The maximum Gasteiger partial charge on any atom is 0.242 e. The van der Waals surface area contributed by atoms with Gasteiger partial charge in [0.1, 0.15) is 0 Å². The molecule has 1 aromatic carbocycles. The normalized spacial score (nSPS) is 18.9. The number of fused-ring (bicyclic) bond motifs is 1. The number of rotatable bonds is 6. The van der Waals surface area contributed by atoms with Gasteiger partial charge in [0.2, 0.25) is 11.8 Å². The van der Waals surface area contributed by atoms with E-state index in [1.54, 1.807) is 25.6 Å². The van der Waals surface area contributed by atoms with Crippen LogP contribution in [0.4, 0.5) is 0 Å². The summed E-state index contributed by atoms with van der Waals surface area (Å²) in [4.78, 5) is 28.6. The Morgan fingerprint density at radius 3 is 2.61 bits per heavy atom. The van der Waals surface area contributed by atoms with Gasteiger partial charge in [-0.05, 0) is 54.0 Å². The van der Waals surface area contributed by atoms with Crippen molar-refractivity contribution >= 4 is 23.2 Å². The molecule has 0 radical (unpaired) electrons. The quantitative estimate of drug-likeness (QED) is 0.742. The van der Waals surface area contributed by atoms with Crippen LogP contribution in [0.3, 0.4) is 0 Å². The van der Waals surface area contributed by atoms with E-state index < -0.39 is 0 Å². The summed E-state index contributed by atoms with van der Waals surface area (Å²) in [5.41, 5.74) is 2.18. The average Bonchev–Trinajstić information content (AvgIpc) is 3.35. The number of methoxy groups -OCH3 is 2. The Labute approximate surface area is 186 Å². The molecule has 166 valence electrons. The first kappa shape index (κ1) is 21.6. The van der Waals surface area contributed by atoms with Crippen molar-refractivity contribution in [1.29, 1.82) is 0 Å². The van der Waals surface area contributed by atoms with Crippen LogP contribution in [0.25, 0.3) is 0 Å². The fourth-order valence-electron chi connectivity index (χ4n) is 4.34. The summed E-state index contributed by atoms with van der Waals surface area (Å²) in [6.07, 6.45) is 2.13. The number of thiophene rings is 1. The second-order valence-corrected chi connectivity index (χ2v) is 8.74. The number of carbonyl (C=O) groups excluding carboxylic acids is 2. The van der Waals surface area contributed by atoms with Crippen LogP contribution in [-0.4, -0.2) is 57.2 Å². The molecule has 1 atom stereocenters. The zero-order chi connectivity index (χ0) is 21.8. The summed E-state index contributed by atoms with van der Waals surface area (Å²) >= 11 is 1.62. The smallest absolute Gasteiger partial charge is 0.242 e. The predicted octanol–water partition coefficient (Wildman–Crippen LogP) is 2.78. The third-order valence-corrected chi connectivity index (χ3v) is 6.94. The van der Waals surface area contributed by atoms with Crippen molar-refractivity contribution in [1.82, 2.24) is 10.2 Å². The van der Waals surface area contributed by atoms with Crippen molar-refractivity contribution < 1.29 is 23.8 Å². The van der Waals surface area contributed by atoms with E-state index in [2.05, 4.69) is 5.32 Å². The van der Waals surface area contributed by atoms with Gasteiger partial charge in [0.15, 0.2) is 11.5 Å². The van der Waals surface area contributed by atoms with E-state index in [-0.39, 0.29) is 30.3 Å². The van der Waals surface area contributed by atoms with Crippen LogP contribution in [0, 0.1) is 5.92 Å². The zero-order valence-electron chi connectivity index (χ0n) is 17.9. The van der Waals surface area contributed by atoms with Gasteiger partial charge in [0, 0.05) is 30.6 Å². The second kappa shape index (κ2) is 9.70. The highest BCUT2D eigenvalue weighted by molar-refractivity contribution is 7.10. The van der Waals surface area contributed by atoms with Crippen LogP contribution in [0.1, 0.15) is 34.9 Å². The molecule has 2 amide bonds. The van der Waals surface area contributed by atoms with Gasteiger partial charge in [-0.3, -0.25) is 9.59 Å². The number of carbonyl (C=O) groups is 2. The van der Waals surface area contributed by atoms with Crippen molar-refractivity contribution in [3.05, 3.63) is 45.6 Å². The third kappa shape index (κ3) is 4.55.